The molecule has 0 aliphatic rings. The summed E-state index contributed by atoms with van der Waals surface area (Å²) in [4.78, 5) is 2.16. The SMILES string of the molecule is CN(Cc1cccc(Br)c1)c1cccc(Cl)c1CN. The predicted molar refractivity (Wildman–Crippen MR) is 85.6 cm³/mol. The van der Waals surface area contributed by atoms with Crippen molar-refractivity contribution < 1.29 is 0 Å². The van der Waals surface area contributed by atoms with E-state index in [-0.39, 0.29) is 0 Å². The lowest BCUT2D eigenvalue weighted by molar-refractivity contribution is 0.903. The van der Waals surface area contributed by atoms with Crippen LogP contribution in [0, 0.1) is 0 Å². The van der Waals surface area contributed by atoms with Crippen molar-refractivity contribution in [2.45, 2.75) is 13.1 Å². The highest BCUT2D eigenvalue weighted by Gasteiger charge is 2.10. The van der Waals surface area contributed by atoms with Gasteiger partial charge < -0.3 is 10.6 Å². The number of nitrogens with two attached hydrogens (primary N) is 1. The third-order valence-corrected chi connectivity index (χ3v) is 3.87. The molecule has 2 aromatic carbocycles. The summed E-state index contributed by atoms with van der Waals surface area (Å²) < 4.78 is 1.09. The predicted octanol–water partition coefficient (Wildman–Crippen LogP) is 4.20. The Balaban J connectivity index is 2.25. The van der Waals surface area contributed by atoms with E-state index < -0.39 is 0 Å². The molecule has 0 saturated carbocycles. The van der Waals surface area contributed by atoms with Gasteiger partial charge in [-0.1, -0.05) is 45.7 Å². The fourth-order valence-corrected chi connectivity index (χ4v) is 2.79. The van der Waals surface area contributed by atoms with Crippen LogP contribution in [-0.4, -0.2) is 7.05 Å². The standard InChI is InChI=1S/C15H16BrClN2/c1-19(10-11-4-2-5-12(16)8-11)15-7-3-6-14(17)13(15)9-18/h2-8H,9-10,18H2,1H3. The van der Waals surface area contributed by atoms with Gasteiger partial charge in [0.2, 0.25) is 0 Å². The Morgan fingerprint density at radius 1 is 1.21 bits per heavy atom. The number of nitrogens with zero attached hydrogens (tertiary/aromatic N) is 1. The average molecular weight is 340 g/mol. The van der Waals surface area contributed by atoms with E-state index >= 15 is 0 Å². The lowest BCUT2D eigenvalue weighted by Crippen LogP contribution is -2.19. The minimum Gasteiger partial charge on any atom is -0.370 e. The van der Waals surface area contributed by atoms with Gasteiger partial charge in [0.15, 0.2) is 0 Å². The third kappa shape index (κ3) is 3.50. The molecular weight excluding hydrogens is 324 g/mol. The number of hydrogen-bond acceptors (Lipinski definition) is 2. The second-order valence-corrected chi connectivity index (χ2v) is 5.75. The second kappa shape index (κ2) is 6.42. The second-order valence-electron chi connectivity index (χ2n) is 4.43. The van der Waals surface area contributed by atoms with Gasteiger partial charge in [-0.25, -0.2) is 0 Å². The molecule has 0 heterocycles. The molecule has 0 bridgehead atoms. The molecule has 2 nitrogen and oxygen atoms in total. The summed E-state index contributed by atoms with van der Waals surface area (Å²) in [5.41, 5.74) is 9.09. The Kier molecular flexibility index (Phi) is 4.86. The lowest BCUT2D eigenvalue weighted by atomic mass is 10.1. The van der Waals surface area contributed by atoms with Gasteiger partial charge in [0, 0.05) is 40.9 Å². The van der Waals surface area contributed by atoms with Crippen LogP contribution >= 0.6 is 27.5 Å². The maximum absolute atomic E-state index is 6.19. The molecule has 0 amide bonds. The first kappa shape index (κ1) is 14.4. The highest BCUT2D eigenvalue weighted by molar-refractivity contribution is 9.10. The summed E-state index contributed by atoms with van der Waals surface area (Å²) in [5.74, 6) is 0. The Morgan fingerprint density at radius 3 is 2.63 bits per heavy atom. The Hall–Kier alpha value is -1.03. The molecule has 2 rings (SSSR count). The minimum atomic E-state index is 0.442. The molecule has 0 aliphatic carbocycles. The quantitative estimate of drug-likeness (QED) is 0.904. The maximum Gasteiger partial charge on any atom is 0.0471 e. The van der Waals surface area contributed by atoms with E-state index in [1.807, 2.05) is 37.4 Å². The molecule has 0 aliphatic heterocycles. The first-order valence-corrected chi connectivity index (χ1v) is 7.22. The molecule has 0 fully saturated rings. The number of benzene rings is 2. The van der Waals surface area contributed by atoms with Crippen LogP contribution in [0.3, 0.4) is 0 Å². The van der Waals surface area contributed by atoms with E-state index in [0.717, 1.165) is 27.3 Å². The maximum atomic E-state index is 6.19. The molecule has 0 spiro atoms. The van der Waals surface area contributed by atoms with Crippen LogP contribution < -0.4 is 10.6 Å². The molecule has 0 unspecified atom stereocenters. The smallest absolute Gasteiger partial charge is 0.0471 e. The van der Waals surface area contributed by atoms with Gasteiger partial charge in [-0.3, -0.25) is 0 Å². The monoisotopic (exact) mass is 338 g/mol. The molecule has 19 heavy (non-hydrogen) atoms. The van der Waals surface area contributed by atoms with Crippen molar-refractivity contribution in [3.63, 3.8) is 0 Å². The average Bonchev–Trinajstić information content (AvgIpc) is 2.38. The Morgan fingerprint density at radius 2 is 1.95 bits per heavy atom. The molecule has 0 radical (unpaired) electrons. The lowest BCUT2D eigenvalue weighted by Gasteiger charge is -2.23. The van der Waals surface area contributed by atoms with Gasteiger partial charge >= 0.3 is 0 Å². The summed E-state index contributed by atoms with van der Waals surface area (Å²) in [6, 6.07) is 14.2. The topological polar surface area (TPSA) is 29.3 Å². The van der Waals surface area contributed by atoms with Gasteiger partial charge in [-0.2, -0.15) is 0 Å². The van der Waals surface area contributed by atoms with Gasteiger partial charge in [-0.15, -0.1) is 0 Å². The number of rotatable bonds is 4. The molecule has 100 valence electrons. The molecule has 0 saturated heterocycles. The minimum absolute atomic E-state index is 0.442. The van der Waals surface area contributed by atoms with E-state index in [1.54, 1.807) is 0 Å². The van der Waals surface area contributed by atoms with Crippen LogP contribution in [0.2, 0.25) is 5.02 Å². The number of halogens is 2. The van der Waals surface area contributed by atoms with Crippen molar-refractivity contribution in [2.75, 3.05) is 11.9 Å². The summed E-state index contributed by atoms with van der Waals surface area (Å²) in [6.45, 7) is 1.25. The highest BCUT2D eigenvalue weighted by Crippen LogP contribution is 2.27. The van der Waals surface area contributed by atoms with Crippen LogP contribution in [0.1, 0.15) is 11.1 Å². The fraction of sp³-hybridized carbons (Fsp3) is 0.200. The molecular formula is C15H16BrClN2. The molecule has 0 atom stereocenters. The van der Waals surface area contributed by atoms with Gasteiger partial charge in [0.05, 0.1) is 0 Å². The first-order chi connectivity index (χ1) is 9.11. The Bertz CT molecular complexity index is 572. The van der Waals surface area contributed by atoms with E-state index in [9.17, 15) is 0 Å². The summed E-state index contributed by atoms with van der Waals surface area (Å²) in [5, 5.41) is 0.723. The van der Waals surface area contributed by atoms with Gasteiger partial charge in [0.1, 0.15) is 0 Å². The number of hydrogen-bond donors (Lipinski definition) is 1. The van der Waals surface area contributed by atoms with Crippen molar-refractivity contribution >= 4 is 33.2 Å². The summed E-state index contributed by atoms with van der Waals surface area (Å²) in [7, 11) is 2.05. The van der Waals surface area contributed by atoms with Gasteiger partial charge in [-0.05, 0) is 29.8 Å². The zero-order valence-corrected chi connectivity index (χ0v) is 13.1. The fourth-order valence-electron chi connectivity index (χ4n) is 2.10. The van der Waals surface area contributed by atoms with E-state index in [2.05, 4.69) is 33.0 Å². The third-order valence-electron chi connectivity index (χ3n) is 3.02. The van der Waals surface area contributed by atoms with E-state index in [1.165, 1.54) is 5.56 Å². The zero-order chi connectivity index (χ0) is 13.8. The van der Waals surface area contributed by atoms with Crippen molar-refractivity contribution in [2.24, 2.45) is 5.73 Å². The normalized spacial score (nSPS) is 10.5. The highest BCUT2D eigenvalue weighted by atomic mass is 79.9. The van der Waals surface area contributed by atoms with Crippen LogP contribution in [0.25, 0.3) is 0 Å². The largest absolute Gasteiger partial charge is 0.370 e. The van der Waals surface area contributed by atoms with E-state index in [0.29, 0.717) is 6.54 Å². The molecule has 2 N–H and O–H groups in total. The molecule has 2 aromatic rings. The molecule has 4 heteroatoms. The van der Waals surface area contributed by atoms with Crippen LogP contribution in [0.15, 0.2) is 46.9 Å². The summed E-state index contributed by atoms with van der Waals surface area (Å²) >= 11 is 9.68. The van der Waals surface area contributed by atoms with Gasteiger partial charge in [0.25, 0.3) is 0 Å². The van der Waals surface area contributed by atoms with Crippen LogP contribution in [-0.2, 0) is 13.1 Å². The van der Waals surface area contributed by atoms with Crippen molar-refractivity contribution in [3.05, 3.63) is 63.1 Å². The number of anilines is 1. The van der Waals surface area contributed by atoms with Crippen LogP contribution in [0.4, 0.5) is 5.69 Å². The van der Waals surface area contributed by atoms with Crippen molar-refractivity contribution in [3.8, 4) is 0 Å². The zero-order valence-electron chi connectivity index (χ0n) is 10.7. The summed E-state index contributed by atoms with van der Waals surface area (Å²) in [6.07, 6.45) is 0. The first-order valence-electron chi connectivity index (χ1n) is 6.05. The van der Waals surface area contributed by atoms with Crippen molar-refractivity contribution in [1.82, 2.24) is 0 Å². The van der Waals surface area contributed by atoms with E-state index in [4.69, 9.17) is 17.3 Å². The van der Waals surface area contributed by atoms with Crippen molar-refractivity contribution in [1.29, 1.82) is 0 Å². The van der Waals surface area contributed by atoms with Crippen LogP contribution in [0.5, 0.6) is 0 Å². The Labute approximate surface area is 127 Å². The molecule has 0 aromatic heterocycles.